The van der Waals surface area contributed by atoms with Crippen molar-refractivity contribution in [1.29, 1.82) is 0 Å². The highest BCUT2D eigenvalue weighted by Gasteiger charge is 2.23. The van der Waals surface area contributed by atoms with Gasteiger partial charge in [-0.3, -0.25) is 14.2 Å². The van der Waals surface area contributed by atoms with Crippen LogP contribution in [0, 0.1) is 11.8 Å². The number of hydrogen-bond acceptors (Lipinski definition) is 3. The summed E-state index contributed by atoms with van der Waals surface area (Å²) < 4.78 is 1.60. The molecule has 2 rings (SSSR count). The number of amides is 1. The normalized spacial score (nSPS) is 12.5. The summed E-state index contributed by atoms with van der Waals surface area (Å²) in [5.74, 6) is -0.766. The van der Waals surface area contributed by atoms with E-state index in [4.69, 9.17) is 0 Å². The molecule has 0 aliphatic carbocycles. The Bertz CT molecular complexity index is 851. The molecule has 0 saturated heterocycles. The molecule has 152 valence electrons. The minimum atomic E-state index is -1.08. The first-order valence-electron chi connectivity index (χ1n) is 9.83. The number of carbonyl (C=O) groups excluding carboxylic acids is 2. The number of aliphatic carboxylic acids is 1. The maximum absolute atomic E-state index is 12.6. The molecule has 0 aliphatic heterocycles. The number of nitrogens with one attached hydrogen (secondary N) is 1. The van der Waals surface area contributed by atoms with Gasteiger partial charge in [-0.25, -0.2) is 4.79 Å². The number of para-hydroxylation sites is 1. The first kappa shape index (κ1) is 21.7. The topological polar surface area (TPSA) is 88.4 Å². The first-order valence-corrected chi connectivity index (χ1v) is 9.83. The third-order valence-corrected chi connectivity index (χ3v) is 4.65. The Labute approximate surface area is 165 Å². The molecule has 1 heterocycles. The molecule has 0 unspecified atom stereocenters. The molecule has 2 N–H and O–H groups in total. The van der Waals surface area contributed by atoms with Gasteiger partial charge in [0.25, 0.3) is 0 Å². The van der Waals surface area contributed by atoms with E-state index in [-0.39, 0.29) is 24.2 Å². The zero-order valence-electron chi connectivity index (χ0n) is 17.1. The molecule has 0 aliphatic rings. The molecule has 0 fully saturated rings. The standard InChI is InChI=1S/C22H30N2O4/c1-14(2)9-10-20(25)23-18(22(27)28)12-16-13-24(21(26)11-15(3)4)19-8-6-5-7-17(16)19/h5-8,13-15,18H,9-12H2,1-4H3,(H,23,25)(H,27,28)/t18-/m0/s1. The Balaban J connectivity index is 2.26. The van der Waals surface area contributed by atoms with Gasteiger partial charge in [-0.15, -0.1) is 0 Å². The Kier molecular flexibility index (Phi) is 7.38. The van der Waals surface area contributed by atoms with Crippen LogP contribution in [0.2, 0.25) is 0 Å². The van der Waals surface area contributed by atoms with Crippen molar-refractivity contribution < 1.29 is 19.5 Å². The van der Waals surface area contributed by atoms with Crippen LogP contribution in [0.3, 0.4) is 0 Å². The van der Waals surface area contributed by atoms with E-state index in [2.05, 4.69) is 5.32 Å². The number of nitrogens with zero attached hydrogens (tertiary/aromatic N) is 1. The van der Waals surface area contributed by atoms with Crippen molar-refractivity contribution >= 4 is 28.7 Å². The number of carboxylic acid groups (broad SMARTS) is 1. The molecule has 28 heavy (non-hydrogen) atoms. The van der Waals surface area contributed by atoms with Crippen LogP contribution in [0.5, 0.6) is 0 Å². The monoisotopic (exact) mass is 386 g/mol. The largest absolute Gasteiger partial charge is 0.480 e. The molecule has 0 saturated carbocycles. The first-order chi connectivity index (χ1) is 13.2. The molecular weight excluding hydrogens is 356 g/mol. The van der Waals surface area contributed by atoms with E-state index in [9.17, 15) is 19.5 Å². The van der Waals surface area contributed by atoms with Gasteiger partial charge in [0.15, 0.2) is 0 Å². The number of benzene rings is 1. The van der Waals surface area contributed by atoms with Gasteiger partial charge >= 0.3 is 5.97 Å². The molecular formula is C22H30N2O4. The van der Waals surface area contributed by atoms with E-state index >= 15 is 0 Å². The van der Waals surface area contributed by atoms with E-state index in [1.807, 2.05) is 52.0 Å². The van der Waals surface area contributed by atoms with Crippen molar-refractivity contribution in [1.82, 2.24) is 9.88 Å². The van der Waals surface area contributed by atoms with Crippen molar-refractivity contribution in [3.63, 3.8) is 0 Å². The summed E-state index contributed by atoms with van der Waals surface area (Å²) in [4.78, 5) is 36.4. The van der Waals surface area contributed by atoms with E-state index in [0.717, 1.165) is 16.5 Å². The van der Waals surface area contributed by atoms with Gasteiger partial charge in [-0.05, 0) is 29.9 Å². The summed E-state index contributed by atoms with van der Waals surface area (Å²) in [5.41, 5.74) is 1.50. The molecule has 1 aromatic heterocycles. The van der Waals surface area contributed by atoms with Gasteiger partial charge < -0.3 is 10.4 Å². The summed E-state index contributed by atoms with van der Waals surface area (Å²) in [7, 11) is 0. The van der Waals surface area contributed by atoms with Crippen molar-refractivity contribution in [2.45, 2.75) is 59.4 Å². The Morgan fingerprint density at radius 1 is 1.07 bits per heavy atom. The van der Waals surface area contributed by atoms with Gasteiger partial charge in [0.1, 0.15) is 6.04 Å². The average molecular weight is 386 g/mol. The molecule has 0 spiro atoms. The number of carbonyl (C=O) groups is 3. The second-order valence-corrected chi connectivity index (χ2v) is 8.13. The second kappa shape index (κ2) is 9.53. The van der Waals surface area contributed by atoms with Crippen LogP contribution in [0.1, 0.15) is 57.3 Å². The maximum Gasteiger partial charge on any atom is 0.326 e. The summed E-state index contributed by atoms with van der Waals surface area (Å²) in [6.07, 6.45) is 3.26. The fraction of sp³-hybridized carbons (Fsp3) is 0.500. The van der Waals surface area contributed by atoms with E-state index in [0.29, 0.717) is 25.2 Å². The van der Waals surface area contributed by atoms with Crippen molar-refractivity contribution in [2.24, 2.45) is 11.8 Å². The number of rotatable bonds is 9. The SMILES string of the molecule is CC(C)CCC(=O)N[C@@H](Cc1cn(C(=O)CC(C)C)c2ccccc12)C(=O)O. The average Bonchev–Trinajstić information content (AvgIpc) is 2.97. The van der Waals surface area contributed by atoms with Gasteiger partial charge in [0.2, 0.25) is 11.8 Å². The summed E-state index contributed by atoms with van der Waals surface area (Å²) in [6, 6.07) is 6.42. The van der Waals surface area contributed by atoms with Crippen LogP contribution in [0.25, 0.3) is 10.9 Å². The van der Waals surface area contributed by atoms with Crippen LogP contribution in [-0.2, 0) is 16.0 Å². The molecule has 6 heteroatoms. The van der Waals surface area contributed by atoms with Gasteiger partial charge in [0.05, 0.1) is 5.52 Å². The lowest BCUT2D eigenvalue weighted by Crippen LogP contribution is -2.42. The Morgan fingerprint density at radius 2 is 1.75 bits per heavy atom. The Hall–Kier alpha value is -2.63. The zero-order valence-corrected chi connectivity index (χ0v) is 17.1. The lowest BCUT2D eigenvalue weighted by molar-refractivity contribution is -0.141. The molecule has 1 aromatic carbocycles. The smallest absolute Gasteiger partial charge is 0.326 e. The molecule has 0 radical (unpaired) electrons. The van der Waals surface area contributed by atoms with Crippen LogP contribution in [-0.4, -0.2) is 33.5 Å². The highest BCUT2D eigenvalue weighted by molar-refractivity contribution is 5.95. The third kappa shape index (κ3) is 5.68. The third-order valence-electron chi connectivity index (χ3n) is 4.65. The maximum atomic E-state index is 12.6. The quantitative estimate of drug-likeness (QED) is 0.685. The minimum absolute atomic E-state index is 0.0229. The fourth-order valence-electron chi connectivity index (χ4n) is 3.17. The molecule has 1 amide bonds. The summed E-state index contributed by atoms with van der Waals surface area (Å²) in [5, 5.41) is 13.0. The molecule has 0 bridgehead atoms. The van der Waals surface area contributed by atoms with Crippen LogP contribution in [0.15, 0.2) is 30.5 Å². The molecule has 6 nitrogen and oxygen atoms in total. The van der Waals surface area contributed by atoms with Gasteiger partial charge in [-0.2, -0.15) is 0 Å². The zero-order chi connectivity index (χ0) is 20.8. The van der Waals surface area contributed by atoms with Crippen LogP contribution < -0.4 is 5.32 Å². The lowest BCUT2D eigenvalue weighted by atomic mass is 10.0. The lowest BCUT2D eigenvalue weighted by Gasteiger charge is -2.14. The number of aromatic nitrogens is 1. The van der Waals surface area contributed by atoms with Crippen molar-refractivity contribution in [3.8, 4) is 0 Å². The summed E-state index contributed by atoms with van der Waals surface area (Å²) in [6.45, 7) is 8.01. The minimum Gasteiger partial charge on any atom is -0.480 e. The predicted molar refractivity (Wildman–Crippen MR) is 109 cm³/mol. The molecule has 2 aromatic rings. The predicted octanol–water partition coefficient (Wildman–Crippen LogP) is 3.88. The Morgan fingerprint density at radius 3 is 2.36 bits per heavy atom. The van der Waals surface area contributed by atoms with Gasteiger partial charge in [-0.1, -0.05) is 45.9 Å². The highest BCUT2D eigenvalue weighted by Crippen LogP contribution is 2.24. The number of hydrogen-bond donors (Lipinski definition) is 2. The number of carboxylic acids is 1. The highest BCUT2D eigenvalue weighted by atomic mass is 16.4. The van der Waals surface area contributed by atoms with E-state index in [1.165, 1.54) is 0 Å². The second-order valence-electron chi connectivity index (χ2n) is 8.13. The summed E-state index contributed by atoms with van der Waals surface area (Å²) >= 11 is 0. The van der Waals surface area contributed by atoms with Crippen LogP contribution >= 0.6 is 0 Å². The van der Waals surface area contributed by atoms with Crippen molar-refractivity contribution in [2.75, 3.05) is 0 Å². The van der Waals surface area contributed by atoms with Crippen molar-refractivity contribution in [3.05, 3.63) is 36.0 Å². The van der Waals surface area contributed by atoms with Crippen LogP contribution in [0.4, 0.5) is 0 Å². The molecule has 1 atom stereocenters. The fourth-order valence-corrected chi connectivity index (χ4v) is 3.17. The number of fused-ring (bicyclic) bond motifs is 1. The van der Waals surface area contributed by atoms with E-state index in [1.54, 1.807) is 10.8 Å². The van der Waals surface area contributed by atoms with E-state index < -0.39 is 12.0 Å². The van der Waals surface area contributed by atoms with Gasteiger partial charge in [0, 0.05) is 30.8 Å².